The van der Waals surface area contributed by atoms with Gasteiger partial charge < -0.3 is 5.32 Å². The van der Waals surface area contributed by atoms with Gasteiger partial charge in [-0.3, -0.25) is 0 Å². The molecule has 0 aliphatic rings. The number of hydrogen-bond acceptors (Lipinski definition) is 2. The van der Waals surface area contributed by atoms with Crippen LogP contribution >= 0.6 is 0 Å². The summed E-state index contributed by atoms with van der Waals surface area (Å²) in [6.07, 6.45) is 4.10. The molecule has 3 heteroatoms. The van der Waals surface area contributed by atoms with E-state index in [-0.39, 0.29) is 0 Å². The minimum absolute atomic E-state index is 0.469. The molecular formula is C11H21N3. The van der Waals surface area contributed by atoms with Gasteiger partial charge in [-0.05, 0) is 26.7 Å². The van der Waals surface area contributed by atoms with Crippen molar-refractivity contribution in [2.24, 2.45) is 0 Å². The molecule has 1 heterocycles. The van der Waals surface area contributed by atoms with Crippen molar-refractivity contribution in [3.05, 3.63) is 12.3 Å². The summed E-state index contributed by atoms with van der Waals surface area (Å²) in [4.78, 5) is 0. The monoisotopic (exact) mass is 195 g/mol. The average Bonchev–Trinajstić information content (AvgIpc) is 2.64. The van der Waals surface area contributed by atoms with Gasteiger partial charge in [0, 0.05) is 12.1 Å². The van der Waals surface area contributed by atoms with E-state index in [0.717, 1.165) is 18.7 Å². The molecule has 1 rings (SSSR count). The fourth-order valence-corrected chi connectivity index (χ4v) is 1.31. The van der Waals surface area contributed by atoms with E-state index in [9.17, 15) is 0 Å². The summed E-state index contributed by atoms with van der Waals surface area (Å²) in [6, 6.07) is 3.02. The summed E-state index contributed by atoms with van der Waals surface area (Å²) >= 11 is 0. The molecule has 1 aromatic heterocycles. The Morgan fingerprint density at radius 3 is 2.64 bits per heavy atom. The smallest absolute Gasteiger partial charge is 0.124 e. The third-order valence-corrected chi connectivity index (χ3v) is 2.69. The Labute approximate surface area is 86.5 Å². The summed E-state index contributed by atoms with van der Waals surface area (Å²) in [5.74, 6) is 1.13. The maximum atomic E-state index is 4.33. The highest BCUT2D eigenvalue weighted by Crippen LogP contribution is 2.17. The van der Waals surface area contributed by atoms with Gasteiger partial charge in [0.05, 0.1) is 12.2 Å². The predicted octanol–water partition coefficient (Wildman–Crippen LogP) is 3.06. The molecule has 0 aromatic carbocycles. The summed E-state index contributed by atoms with van der Waals surface area (Å²) in [5, 5.41) is 7.78. The molecule has 0 amide bonds. The Bertz CT molecular complexity index is 267. The van der Waals surface area contributed by atoms with Crippen molar-refractivity contribution in [3.8, 4) is 0 Å². The first kappa shape index (κ1) is 11.1. The molecule has 0 spiro atoms. The molecule has 0 aliphatic heterocycles. The highest BCUT2D eigenvalue weighted by molar-refractivity contribution is 5.35. The predicted molar refractivity (Wildman–Crippen MR) is 60.6 cm³/mol. The van der Waals surface area contributed by atoms with Crippen LogP contribution in [0.25, 0.3) is 0 Å². The second-order valence-corrected chi connectivity index (χ2v) is 3.87. The molecule has 1 N–H and O–H groups in total. The first-order chi connectivity index (χ1) is 6.69. The SMILES string of the molecule is CCC(C)Nc1ccnn1C(C)CC. The second-order valence-electron chi connectivity index (χ2n) is 3.87. The average molecular weight is 195 g/mol. The lowest BCUT2D eigenvalue weighted by Crippen LogP contribution is -2.18. The fraction of sp³-hybridized carbons (Fsp3) is 0.727. The zero-order valence-corrected chi connectivity index (χ0v) is 9.62. The Balaban J connectivity index is 2.72. The van der Waals surface area contributed by atoms with Crippen LogP contribution in [0.2, 0.25) is 0 Å². The zero-order valence-electron chi connectivity index (χ0n) is 9.62. The first-order valence-electron chi connectivity index (χ1n) is 5.49. The van der Waals surface area contributed by atoms with Gasteiger partial charge in [0.2, 0.25) is 0 Å². The summed E-state index contributed by atoms with van der Waals surface area (Å²) in [6.45, 7) is 8.74. The highest BCUT2D eigenvalue weighted by Gasteiger charge is 2.09. The Kier molecular flexibility index (Phi) is 3.98. The molecule has 0 radical (unpaired) electrons. The highest BCUT2D eigenvalue weighted by atomic mass is 15.3. The Morgan fingerprint density at radius 1 is 1.36 bits per heavy atom. The Morgan fingerprint density at radius 2 is 2.07 bits per heavy atom. The van der Waals surface area contributed by atoms with Crippen molar-refractivity contribution in [1.29, 1.82) is 0 Å². The topological polar surface area (TPSA) is 29.9 Å². The Hall–Kier alpha value is -0.990. The number of nitrogens with zero attached hydrogens (tertiary/aromatic N) is 2. The molecule has 0 aliphatic carbocycles. The minimum atomic E-state index is 0.469. The molecule has 0 saturated heterocycles. The van der Waals surface area contributed by atoms with Crippen LogP contribution in [0.5, 0.6) is 0 Å². The number of rotatable bonds is 5. The van der Waals surface area contributed by atoms with Gasteiger partial charge in [-0.1, -0.05) is 13.8 Å². The van der Waals surface area contributed by atoms with E-state index in [2.05, 4.69) is 42.8 Å². The van der Waals surface area contributed by atoms with Crippen LogP contribution in [0.3, 0.4) is 0 Å². The van der Waals surface area contributed by atoms with E-state index in [1.807, 2.05) is 12.3 Å². The zero-order chi connectivity index (χ0) is 10.6. The minimum Gasteiger partial charge on any atom is -0.368 e. The maximum absolute atomic E-state index is 4.33. The van der Waals surface area contributed by atoms with Gasteiger partial charge in [-0.25, -0.2) is 4.68 Å². The van der Waals surface area contributed by atoms with E-state index in [1.165, 1.54) is 0 Å². The van der Waals surface area contributed by atoms with Gasteiger partial charge >= 0.3 is 0 Å². The van der Waals surface area contributed by atoms with E-state index >= 15 is 0 Å². The fourth-order valence-electron chi connectivity index (χ4n) is 1.31. The third-order valence-electron chi connectivity index (χ3n) is 2.69. The van der Waals surface area contributed by atoms with Crippen LogP contribution in [-0.2, 0) is 0 Å². The lowest BCUT2D eigenvalue weighted by molar-refractivity contribution is 0.480. The summed E-state index contributed by atoms with van der Waals surface area (Å²) in [5.41, 5.74) is 0. The quantitative estimate of drug-likeness (QED) is 0.782. The van der Waals surface area contributed by atoms with Crippen LogP contribution < -0.4 is 5.32 Å². The van der Waals surface area contributed by atoms with Gasteiger partial charge in [0.1, 0.15) is 5.82 Å². The molecule has 0 fully saturated rings. The van der Waals surface area contributed by atoms with Gasteiger partial charge in [0.15, 0.2) is 0 Å². The van der Waals surface area contributed by atoms with E-state index in [0.29, 0.717) is 12.1 Å². The number of anilines is 1. The molecule has 2 unspecified atom stereocenters. The molecule has 1 aromatic rings. The third kappa shape index (κ3) is 2.50. The van der Waals surface area contributed by atoms with Crippen molar-refractivity contribution < 1.29 is 0 Å². The van der Waals surface area contributed by atoms with E-state index in [4.69, 9.17) is 0 Å². The van der Waals surface area contributed by atoms with Crippen molar-refractivity contribution in [3.63, 3.8) is 0 Å². The standard InChI is InChI=1S/C11H21N3/c1-5-9(3)13-11-7-8-12-14(11)10(4)6-2/h7-10,13H,5-6H2,1-4H3. The number of aromatic nitrogens is 2. The number of hydrogen-bond donors (Lipinski definition) is 1. The van der Waals surface area contributed by atoms with Crippen molar-refractivity contribution in [2.75, 3.05) is 5.32 Å². The maximum Gasteiger partial charge on any atom is 0.124 e. The van der Waals surface area contributed by atoms with Crippen LogP contribution in [0.15, 0.2) is 12.3 Å². The molecule has 14 heavy (non-hydrogen) atoms. The first-order valence-corrected chi connectivity index (χ1v) is 5.49. The number of nitrogens with one attached hydrogen (secondary N) is 1. The molecule has 0 saturated carbocycles. The van der Waals surface area contributed by atoms with Crippen molar-refractivity contribution >= 4 is 5.82 Å². The molecule has 2 atom stereocenters. The van der Waals surface area contributed by atoms with Gasteiger partial charge in [-0.15, -0.1) is 0 Å². The largest absolute Gasteiger partial charge is 0.368 e. The van der Waals surface area contributed by atoms with Crippen molar-refractivity contribution in [2.45, 2.75) is 52.6 Å². The molecule has 80 valence electrons. The van der Waals surface area contributed by atoms with Crippen LogP contribution in [0.1, 0.15) is 46.6 Å². The van der Waals surface area contributed by atoms with Crippen LogP contribution in [0, 0.1) is 0 Å². The van der Waals surface area contributed by atoms with Crippen LogP contribution in [-0.4, -0.2) is 15.8 Å². The summed E-state index contributed by atoms with van der Waals surface area (Å²) in [7, 11) is 0. The van der Waals surface area contributed by atoms with Crippen molar-refractivity contribution in [1.82, 2.24) is 9.78 Å². The van der Waals surface area contributed by atoms with Gasteiger partial charge in [0.25, 0.3) is 0 Å². The molecule has 0 bridgehead atoms. The normalized spacial score (nSPS) is 15.1. The summed E-state index contributed by atoms with van der Waals surface area (Å²) < 4.78 is 2.06. The van der Waals surface area contributed by atoms with E-state index < -0.39 is 0 Å². The lowest BCUT2D eigenvalue weighted by atomic mass is 10.2. The van der Waals surface area contributed by atoms with Gasteiger partial charge in [-0.2, -0.15) is 5.10 Å². The molecular weight excluding hydrogens is 174 g/mol. The van der Waals surface area contributed by atoms with Crippen LogP contribution in [0.4, 0.5) is 5.82 Å². The lowest BCUT2D eigenvalue weighted by Gasteiger charge is -2.17. The second kappa shape index (κ2) is 5.03. The van der Waals surface area contributed by atoms with E-state index in [1.54, 1.807) is 0 Å². The molecule has 3 nitrogen and oxygen atoms in total.